The van der Waals surface area contributed by atoms with E-state index in [1.807, 2.05) is 0 Å². The van der Waals surface area contributed by atoms with Crippen molar-refractivity contribution >= 4 is 26.0 Å². The molecule has 114 valence electrons. The lowest BCUT2D eigenvalue weighted by Gasteiger charge is -2.30. The van der Waals surface area contributed by atoms with E-state index in [-0.39, 0.29) is 0 Å². The third kappa shape index (κ3) is 3.43. The van der Waals surface area contributed by atoms with Crippen LogP contribution in [0.3, 0.4) is 0 Å². The van der Waals surface area contributed by atoms with Crippen LogP contribution < -0.4 is 4.72 Å². The molecule has 0 saturated heterocycles. The van der Waals surface area contributed by atoms with Gasteiger partial charge in [0.1, 0.15) is 4.90 Å². The summed E-state index contributed by atoms with van der Waals surface area (Å²) in [4.78, 5) is 0.295. The molecule has 1 aliphatic rings. The molecule has 2 atom stereocenters. The number of sulfonamides is 1. The molecule has 0 aromatic carbocycles. The first-order valence-corrected chi connectivity index (χ1v) is 9.63. The van der Waals surface area contributed by atoms with E-state index in [0.29, 0.717) is 34.7 Å². The zero-order chi connectivity index (χ0) is 14.8. The maximum Gasteiger partial charge on any atom is 0.244 e. The van der Waals surface area contributed by atoms with Crippen LogP contribution in [0.1, 0.15) is 37.1 Å². The molecule has 0 amide bonds. The topological polar surface area (TPSA) is 74.8 Å². The molecule has 2 unspecified atom stereocenters. The van der Waals surface area contributed by atoms with E-state index in [9.17, 15) is 8.42 Å². The second-order valence-corrected chi connectivity index (χ2v) is 7.93. The van der Waals surface area contributed by atoms with E-state index >= 15 is 0 Å². The Morgan fingerprint density at radius 1 is 1.30 bits per heavy atom. The number of aromatic amines is 1. The normalized spacial score (nSPS) is 23.9. The highest BCUT2D eigenvalue weighted by Gasteiger charge is 2.27. The maximum atomic E-state index is 12.4. The van der Waals surface area contributed by atoms with Crippen LogP contribution in [0, 0.1) is 25.7 Å². The molecule has 1 fully saturated rings. The van der Waals surface area contributed by atoms with Crippen LogP contribution in [0.4, 0.5) is 0 Å². The average Bonchev–Trinajstić information content (AvgIpc) is 2.77. The highest BCUT2D eigenvalue weighted by molar-refractivity contribution is 9.09. The van der Waals surface area contributed by atoms with Crippen molar-refractivity contribution in [3.05, 3.63) is 11.4 Å². The summed E-state index contributed by atoms with van der Waals surface area (Å²) in [6.45, 7) is 3.96. The van der Waals surface area contributed by atoms with Crippen molar-refractivity contribution in [1.29, 1.82) is 0 Å². The molecule has 0 radical (unpaired) electrons. The minimum Gasteiger partial charge on any atom is -0.281 e. The molecule has 7 heteroatoms. The van der Waals surface area contributed by atoms with Crippen LogP contribution in [0.25, 0.3) is 0 Å². The van der Waals surface area contributed by atoms with Gasteiger partial charge in [-0.05, 0) is 38.5 Å². The molecule has 1 saturated carbocycles. The van der Waals surface area contributed by atoms with E-state index in [4.69, 9.17) is 0 Å². The summed E-state index contributed by atoms with van der Waals surface area (Å²) in [5, 5.41) is 7.63. The minimum atomic E-state index is -3.47. The first-order chi connectivity index (χ1) is 9.45. The van der Waals surface area contributed by atoms with Gasteiger partial charge in [-0.15, -0.1) is 0 Å². The van der Waals surface area contributed by atoms with Crippen LogP contribution >= 0.6 is 15.9 Å². The monoisotopic (exact) mass is 363 g/mol. The van der Waals surface area contributed by atoms with Gasteiger partial charge in [-0.25, -0.2) is 13.1 Å². The number of nitrogens with one attached hydrogen (secondary N) is 2. The second kappa shape index (κ2) is 6.58. The van der Waals surface area contributed by atoms with E-state index < -0.39 is 10.0 Å². The van der Waals surface area contributed by atoms with Gasteiger partial charge in [-0.1, -0.05) is 28.8 Å². The Labute approximate surface area is 129 Å². The number of rotatable bonds is 5. The fourth-order valence-corrected chi connectivity index (χ4v) is 5.30. The summed E-state index contributed by atoms with van der Waals surface area (Å²) in [6, 6.07) is 0. The first kappa shape index (κ1) is 16.0. The Bertz CT molecular complexity index is 536. The Balaban J connectivity index is 2.06. The number of aromatic nitrogens is 2. The summed E-state index contributed by atoms with van der Waals surface area (Å²) >= 11 is 3.54. The molecule has 0 spiro atoms. The smallest absolute Gasteiger partial charge is 0.244 e. The summed E-state index contributed by atoms with van der Waals surface area (Å²) in [7, 11) is -3.47. The Morgan fingerprint density at radius 3 is 2.50 bits per heavy atom. The minimum absolute atomic E-state index is 0.295. The van der Waals surface area contributed by atoms with Crippen molar-refractivity contribution in [2.75, 3.05) is 11.9 Å². The molecule has 0 aliphatic heterocycles. The van der Waals surface area contributed by atoms with Crippen molar-refractivity contribution in [3.63, 3.8) is 0 Å². The molecule has 1 heterocycles. The molecule has 2 rings (SSSR count). The summed E-state index contributed by atoms with van der Waals surface area (Å²) in [5.41, 5.74) is 1.12. The van der Waals surface area contributed by atoms with Gasteiger partial charge in [-0.2, -0.15) is 5.10 Å². The predicted octanol–water partition coefficient (Wildman–Crippen LogP) is 2.51. The number of hydrogen-bond acceptors (Lipinski definition) is 3. The number of hydrogen-bond donors (Lipinski definition) is 2. The van der Waals surface area contributed by atoms with Crippen molar-refractivity contribution in [2.24, 2.45) is 11.8 Å². The fraction of sp³-hybridized carbons (Fsp3) is 0.769. The lowest BCUT2D eigenvalue weighted by molar-refractivity contribution is 0.263. The lowest BCUT2D eigenvalue weighted by atomic mass is 9.80. The highest BCUT2D eigenvalue weighted by atomic mass is 79.9. The number of H-pyrrole nitrogens is 1. The van der Waals surface area contributed by atoms with Gasteiger partial charge in [0.25, 0.3) is 0 Å². The van der Waals surface area contributed by atoms with Gasteiger partial charge in [0.15, 0.2) is 0 Å². The van der Waals surface area contributed by atoms with Crippen LogP contribution in [-0.4, -0.2) is 30.5 Å². The molecule has 5 nitrogen and oxygen atoms in total. The lowest BCUT2D eigenvalue weighted by Crippen LogP contribution is -2.35. The quantitative estimate of drug-likeness (QED) is 0.789. The number of halogens is 1. The summed E-state index contributed by atoms with van der Waals surface area (Å²) < 4.78 is 27.5. The van der Waals surface area contributed by atoms with Crippen molar-refractivity contribution in [3.8, 4) is 0 Å². The third-order valence-corrected chi connectivity index (χ3v) is 6.65. The SMILES string of the molecule is Cc1n[nH]c(C)c1S(=O)(=O)NCC1CCCCC1CBr. The largest absolute Gasteiger partial charge is 0.281 e. The van der Waals surface area contributed by atoms with E-state index in [2.05, 4.69) is 30.8 Å². The van der Waals surface area contributed by atoms with E-state index in [0.717, 1.165) is 11.8 Å². The number of nitrogens with zero attached hydrogens (tertiary/aromatic N) is 1. The zero-order valence-electron chi connectivity index (χ0n) is 11.9. The average molecular weight is 364 g/mol. The Kier molecular flexibility index (Phi) is 5.25. The van der Waals surface area contributed by atoms with Gasteiger partial charge in [-0.3, -0.25) is 5.10 Å². The summed E-state index contributed by atoms with van der Waals surface area (Å²) in [5.74, 6) is 0.989. The summed E-state index contributed by atoms with van der Waals surface area (Å²) in [6.07, 6.45) is 4.72. The Morgan fingerprint density at radius 2 is 1.95 bits per heavy atom. The molecule has 1 aromatic rings. The van der Waals surface area contributed by atoms with E-state index in [1.165, 1.54) is 19.3 Å². The van der Waals surface area contributed by atoms with Gasteiger partial charge in [0.2, 0.25) is 10.0 Å². The number of aryl methyl sites for hydroxylation is 2. The fourth-order valence-electron chi connectivity index (χ4n) is 2.98. The molecular weight excluding hydrogens is 342 g/mol. The van der Waals surface area contributed by atoms with E-state index in [1.54, 1.807) is 13.8 Å². The van der Waals surface area contributed by atoms with Crippen LogP contribution in [-0.2, 0) is 10.0 Å². The maximum absolute atomic E-state index is 12.4. The van der Waals surface area contributed by atoms with Crippen LogP contribution in [0.5, 0.6) is 0 Å². The Hall–Kier alpha value is -0.400. The van der Waals surface area contributed by atoms with Gasteiger partial charge in [0.05, 0.1) is 11.4 Å². The molecular formula is C13H22BrN3O2S. The molecule has 1 aromatic heterocycles. The second-order valence-electron chi connectivity index (χ2n) is 5.57. The standard InChI is InChI=1S/C13H22BrN3O2S/c1-9-13(10(2)17-16-9)20(18,19)15-8-12-6-4-3-5-11(12)7-14/h11-12,15H,3-8H2,1-2H3,(H,16,17). The zero-order valence-corrected chi connectivity index (χ0v) is 14.3. The third-order valence-electron chi connectivity index (χ3n) is 4.13. The van der Waals surface area contributed by atoms with Crippen LogP contribution in [0.15, 0.2) is 4.90 Å². The molecule has 1 aliphatic carbocycles. The van der Waals surface area contributed by atoms with Crippen molar-refractivity contribution in [2.45, 2.75) is 44.4 Å². The molecule has 2 N–H and O–H groups in total. The van der Waals surface area contributed by atoms with Crippen molar-refractivity contribution < 1.29 is 8.42 Å². The highest BCUT2D eigenvalue weighted by Crippen LogP contribution is 2.31. The molecule has 20 heavy (non-hydrogen) atoms. The van der Waals surface area contributed by atoms with Gasteiger partial charge in [0, 0.05) is 11.9 Å². The van der Waals surface area contributed by atoms with Gasteiger partial charge < -0.3 is 0 Å². The van der Waals surface area contributed by atoms with Gasteiger partial charge >= 0.3 is 0 Å². The first-order valence-electron chi connectivity index (χ1n) is 7.03. The van der Waals surface area contributed by atoms with Crippen molar-refractivity contribution in [1.82, 2.24) is 14.9 Å². The predicted molar refractivity (Wildman–Crippen MR) is 82.5 cm³/mol. The van der Waals surface area contributed by atoms with Crippen LogP contribution in [0.2, 0.25) is 0 Å². The number of alkyl halides is 1. The molecule has 0 bridgehead atoms.